The van der Waals surface area contributed by atoms with Gasteiger partial charge in [-0.2, -0.15) is 0 Å². The molecular weight excluding hydrogens is 274 g/mol. The molecule has 2 unspecified atom stereocenters. The van der Waals surface area contributed by atoms with Gasteiger partial charge in [0.2, 0.25) is 0 Å². The molecule has 20 heavy (non-hydrogen) atoms. The lowest BCUT2D eigenvalue weighted by atomic mass is 10.1. The highest BCUT2D eigenvalue weighted by Crippen LogP contribution is 2.13. The van der Waals surface area contributed by atoms with E-state index in [2.05, 4.69) is 5.32 Å². The van der Waals surface area contributed by atoms with Crippen LogP contribution in [-0.2, 0) is 10.8 Å². The summed E-state index contributed by atoms with van der Waals surface area (Å²) >= 11 is 0. The molecule has 0 saturated carbocycles. The van der Waals surface area contributed by atoms with Gasteiger partial charge in [-0.3, -0.25) is 9.00 Å². The molecule has 0 fully saturated rings. The van der Waals surface area contributed by atoms with Crippen LogP contribution in [0.1, 0.15) is 44.0 Å². The van der Waals surface area contributed by atoms with Crippen molar-refractivity contribution in [1.29, 1.82) is 0 Å². The van der Waals surface area contributed by atoms with Gasteiger partial charge in [0.25, 0.3) is 5.91 Å². The van der Waals surface area contributed by atoms with Gasteiger partial charge in [0, 0.05) is 28.4 Å². The van der Waals surface area contributed by atoms with Gasteiger partial charge in [-0.1, -0.05) is 20.8 Å². The molecule has 0 radical (unpaired) electrons. The predicted octanol–water partition coefficient (Wildman–Crippen LogP) is 2.09. The monoisotopic (exact) mass is 297 g/mol. The molecule has 0 aromatic heterocycles. The predicted molar refractivity (Wildman–Crippen MR) is 81.2 cm³/mol. The normalized spacial score (nSPS) is 14.1. The van der Waals surface area contributed by atoms with Crippen LogP contribution in [0.2, 0.25) is 0 Å². The molecule has 0 aliphatic carbocycles. The number of rotatable bonds is 7. The Morgan fingerprint density at radius 1 is 1.30 bits per heavy atom. The number of carbonyl (C=O) groups is 1. The Morgan fingerprint density at radius 2 is 1.90 bits per heavy atom. The summed E-state index contributed by atoms with van der Waals surface area (Å²) in [6.45, 7) is 5.83. The molecule has 0 bridgehead atoms. The standard InChI is InChI=1S/C15H23NO3S/c1-4-13(9-10-17)16-15(18)12-5-7-14(8-6-12)20(19)11(2)3/h5-8,11,13,17H,4,9-10H2,1-3H3,(H,16,18). The van der Waals surface area contributed by atoms with Crippen molar-refractivity contribution < 1.29 is 14.1 Å². The Balaban J connectivity index is 2.73. The van der Waals surface area contributed by atoms with Crippen LogP contribution in [0.25, 0.3) is 0 Å². The summed E-state index contributed by atoms with van der Waals surface area (Å²) in [6.07, 6.45) is 1.33. The average Bonchev–Trinajstić information content (AvgIpc) is 2.45. The highest BCUT2D eigenvalue weighted by Gasteiger charge is 2.13. The molecule has 2 N–H and O–H groups in total. The molecule has 1 rings (SSSR count). The summed E-state index contributed by atoms with van der Waals surface area (Å²) in [5, 5.41) is 11.9. The summed E-state index contributed by atoms with van der Waals surface area (Å²) in [6, 6.07) is 6.83. The van der Waals surface area contributed by atoms with E-state index in [1.54, 1.807) is 24.3 Å². The van der Waals surface area contributed by atoms with E-state index >= 15 is 0 Å². The van der Waals surface area contributed by atoms with E-state index in [1.807, 2.05) is 20.8 Å². The van der Waals surface area contributed by atoms with E-state index in [0.717, 1.165) is 11.3 Å². The molecule has 112 valence electrons. The Bertz CT molecular complexity index is 457. The molecule has 4 nitrogen and oxygen atoms in total. The van der Waals surface area contributed by atoms with Crippen molar-refractivity contribution in [2.45, 2.75) is 49.8 Å². The number of hydrogen-bond donors (Lipinski definition) is 2. The van der Waals surface area contributed by atoms with E-state index in [9.17, 15) is 9.00 Å². The van der Waals surface area contributed by atoms with E-state index in [1.165, 1.54) is 0 Å². The fraction of sp³-hybridized carbons (Fsp3) is 0.533. The fourth-order valence-electron chi connectivity index (χ4n) is 1.82. The largest absolute Gasteiger partial charge is 0.396 e. The minimum Gasteiger partial charge on any atom is -0.396 e. The van der Waals surface area contributed by atoms with Gasteiger partial charge in [0.1, 0.15) is 0 Å². The van der Waals surface area contributed by atoms with Crippen LogP contribution >= 0.6 is 0 Å². The second-order valence-electron chi connectivity index (χ2n) is 4.96. The zero-order valence-electron chi connectivity index (χ0n) is 12.3. The molecule has 2 atom stereocenters. The molecule has 0 heterocycles. The van der Waals surface area contributed by atoms with Gasteiger partial charge in [-0.25, -0.2) is 0 Å². The van der Waals surface area contributed by atoms with Crippen molar-refractivity contribution in [3.63, 3.8) is 0 Å². The summed E-state index contributed by atoms with van der Waals surface area (Å²) < 4.78 is 11.9. The summed E-state index contributed by atoms with van der Waals surface area (Å²) in [4.78, 5) is 12.8. The number of aliphatic hydroxyl groups is 1. The zero-order valence-corrected chi connectivity index (χ0v) is 13.1. The molecule has 1 aromatic rings. The maximum Gasteiger partial charge on any atom is 0.251 e. The lowest BCUT2D eigenvalue weighted by Crippen LogP contribution is -2.35. The fourth-order valence-corrected chi connectivity index (χ4v) is 2.76. The summed E-state index contributed by atoms with van der Waals surface area (Å²) in [5.74, 6) is -0.160. The molecule has 5 heteroatoms. The molecular formula is C15H23NO3S. The van der Waals surface area contributed by atoms with Crippen molar-refractivity contribution in [3.8, 4) is 0 Å². The van der Waals surface area contributed by atoms with Gasteiger partial charge in [-0.05, 0) is 37.1 Å². The lowest BCUT2D eigenvalue weighted by molar-refractivity contribution is 0.0929. The first-order valence-corrected chi connectivity index (χ1v) is 8.13. The third kappa shape index (κ3) is 4.72. The summed E-state index contributed by atoms with van der Waals surface area (Å²) in [7, 11) is -1.04. The number of amides is 1. The first-order chi connectivity index (χ1) is 9.49. The number of benzene rings is 1. The van der Waals surface area contributed by atoms with Crippen molar-refractivity contribution in [2.75, 3.05) is 6.61 Å². The van der Waals surface area contributed by atoms with Gasteiger partial charge >= 0.3 is 0 Å². The second kappa shape index (κ2) is 8.17. The van der Waals surface area contributed by atoms with Crippen molar-refractivity contribution in [3.05, 3.63) is 29.8 Å². The van der Waals surface area contributed by atoms with Crippen molar-refractivity contribution in [2.24, 2.45) is 0 Å². The van der Waals surface area contributed by atoms with Crippen LogP contribution in [0.5, 0.6) is 0 Å². The van der Waals surface area contributed by atoms with Crippen LogP contribution in [0, 0.1) is 0 Å². The topological polar surface area (TPSA) is 66.4 Å². The molecule has 1 amide bonds. The van der Waals surface area contributed by atoms with Gasteiger partial charge in [0.05, 0.1) is 10.8 Å². The van der Waals surface area contributed by atoms with Gasteiger partial charge in [-0.15, -0.1) is 0 Å². The minimum absolute atomic E-state index is 0.0167. The van der Waals surface area contributed by atoms with Crippen LogP contribution in [0.4, 0.5) is 0 Å². The molecule has 0 saturated heterocycles. The number of carbonyl (C=O) groups excluding carboxylic acids is 1. The smallest absolute Gasteiger partial charge is 0.251 e. The number of hydrogen-bond acceptors (Lipinski definition) is 3. The van der Waals surface area contributed by atoms with Crippen molar-refractivity contribution in [1.82, 2.24) is 5.32 Å². The van der Waals surface area contributed by atoms with Crippen LogP contribution < -0.4 is 5.32 Å². The third-order valence-corrected chi connectivity index (χ3v) is 4.68. The first kappa shape index (κ1) is 16.9. The van der Waals surface area contributed by atoms with Gasteiger partial charge in [0.15, 0.2) is 0 Å². The lowest BCUT2D eigenvalue weighted by Gasteiger charge is -2.15. The third-order valence-electron chi connectivity index (χ3n) is 3.08. The Kier molecular flexibility index (Phi) is 6.88. The van der Waals surface area contributed by atoms with E-state index in [0.29, 0.717) is 12.0 Å². The SMILES string of the molecule is CCC(CCO)NC(=O)c1ccc(S(=O)C(C)C)cc1. The average molecular weight is 297 g/mol. The number of nitrogens with one attached hydrogen (secondary N) is 1. The quantitative estimate of drug-likeness (QED) is 0.810. The highest BCUT2D eigenvalue weighted by atomic mass is 32.2. The first-order valence-electron chi connectivity index (χ1n) is 6.92. The van der Waals surface area contributed by atoms with Crippen LogP contribution in [0.3, 0.4) is 0 Å². The summed E-state index contributed by atoms with van der Waals surface area (Å²) in [5.41, 5.74) is 0.547. The van der Waals surface area contributed by atoms with Crippen LogP contribution in [-0.4, -0.2) is 33.1 Å². The second-order valence-corrected chi connectivity index (χ2v) is 6.97. The molecule has 0 aliphatic rings. The Labute approximate surface area is 123 Å². The zero-order chi connectivity index (χ0) is 15.1. The van der Waals surface area contributed by atoms with E-state index in [4.69, 9.17) is 5.11 Å². The molecule has 0 spiro atoms. The maximum absolute atomic E-state index is 12.0. The molecule has 1 aromatic carbocycles. The van der Waals surface area contributed by atoms with E-state index in [-0.39, 0.29) is 23.8 Å². The van der Waals surface area contributed by atoms with Crippen LogP contribution in [0.15, 0.2) is 29.2 Å². The Morgan fingerprint density at radius 3 is 2.35 bits per heavy atom. The van der Waals surface area contributed by atoms with E-state index < -0.39 is 10.8 Å². The Hall–Kier alpha value is -1.20. The van der Waals surface area contributed by atoms with Gasteiger partial charge < -0.3 is 10.4 Å². The van der Waals surface area contributed by atoms with Crippen molar-refractivity contribution >= 4 is 16.7 Å². The molecule has 0 aliphatic heterocycles. The highest BCUT2D eigenvalue weighted by molar-refractivity contribution is 7.85. The minimum atomic E-state index is -1.04. The maximum atomic E-state index is 12.0. The number of aliphatic hydroxyl groups excluding tert-OH is 1.